The van der Waals surface area contributed by atoms with Gasteiger partial charge in [-0.05, 0) is 49.2 Å². The van der Waals surface area contributed by atoms with Crippen LogP contribution in [0.3, 0.4) is 0 Å². The second kappa shape index (κ2) is 9.53. The summed E-state index contributed by atoms with van der Waals surface area (Å²) in [5.41, 5.74) is -0.381. The minimum Gasteiger partial charge on any atom is -0.382 e. The molecule has 2 aromatic carbocycles. The highest BCUT2D eigenvalue weighted by Crippen LogP contribution is 2.34. The molecule has 0 aliphatic carbocycles. The molecule has 0 bridgehead atoms. The van der Waals surface area contributed by atoms with Crippen molar-refractivity contribution in [1.82, 2.24) is 4.90 Å². The number of carbonyl (C=O) groups is 2. The summed E-state index contributed by atoms with van der Waals surface area (Å²) in [5, 5.41) is 3.18. The molecule has 2 amide bonds. The molecule has 0 spiro atoms. The number of halogens is 4. The van der Waals surface area contributed by atoms with Crippen LogP contribution in [-0.2, 0) is 20.5 Å². The minimum atomic E-state index is -4.54. The van der Waals surface area contributed by atoms with E-state index in [1.165, 1.54) is 12.1 Å². The molecule has 164 valence electrons. The number of nitrogens with one attached hydrogen (secondary N) is 1. The Morgan fingerprint density at radius 1 is 1.06 bits per heavy atom. The van der Waals surface area contributed by atoms with Crippen LogP contribution in [0.2, 0.25) is 5.02 Å². The van der Waals surface area contributed by atoms with E-state index in [0.29, 0.717) is 30.2 Å². The molecule has 0 fully saturated rings. The highest BCUT2D eigenvalue weighted by molar-refractivity contribution is 6.36. The van der Waals surface area contributed by atoms with Crippen LogP contribution in [0.4, 0.5) is 18.9 Å². The van der Waals surface area contributed by atoms with E-state index in [0.717, 1.165) is 17.0 Å². The summed E-state index contributed by atoms with van der Waals surface area (Å²) < 4.78 is 44.5. The third-order valence-electron chi connectivity index (χ3n) is 4.63. The van der Waals surface area contributed by atoms with Crippen LogP contribution in [0.5, 0.6) is 0 Å². The Balaban J connectivity index is 1.96. The number of imide groups is 1. The molecular weight excluding hydrogens is 433 g/mol. The topological polar surface area (TPSA) is 58.6 Å². The van der Waals surface area contributed by atoms with E-state index in [9.17, 15) is 22.8 Å². The summed E-state index contributed by atoms with van der Waals surface area (Å²) in [5.74, 6) is -1.14. The van der Waals surface area contributed by atoms with Gasteiger partial charge in [0.25, 0.3) is 11.8 Å². The third-order valence-corrected chi connectivity index (χ3v) is 4.89. The van der Waals surface area contributed by atoms with Crippen LogP contribution in [-0.4, -0.2) is 36.5 Å². The number of nitrogens with zero attached hydrogens (tertiary/aromatic N) is 1. The number of alkyl halides is 3. The predicted molar refractivity (Wildman–Crippen MR) is 111 cm³/mol. The van der Waals surface area contributed by atoms with Crippen LogP contribution in [0.15, 0.2) is 54.2 Å². The molecule has 3 rings (SSSR count). The van der Waals surface area contributed by atoms with E-state index in [1.54, 1.807) is 24.3 Å². The van der Waals surface area contributed by atoms with E-state index in [4.69, 9.17) is 16.3 Å². The van der Waals surface area contributed by atoms with Crippen molar-refractivity contribution in [2.24, 2.45) is 0 Å². The number of anilines is 1. The SMILES string of the molecule is CCOCCCN1C(=O)C(Nc2cccc(C(F)(F)F)c2)=C(c2ccc(Cl)cc2)C1=O. The van der Waals surface area contributed by atoms with Crippen molar-refractivity contribution in [3.05, 3.63) is 70.4 Å². The van der Waals surface area contributed by atoms with Gasteiger partial charge in [0.2, 0.25) is 0 Å². The Morgan fingerprint density at radius 2 is 1.77 bits per heavy atom. The van der Waals surface area contributed by atoms with Gasteiger partial charge in [0.15, 0.2) is 0 Å². The van der Waals surface area contributed by atoms with Gasteiger partial charge >= 0.3 is 6.18 Å². The van der Waals surface area contributed by atoms with Gasteiger partial charge in [-0.15, -0.1) is 0 Å². The Bertz CT molecular complexity index is 1000. The van der Waals surface area contributed by atoms with E-state index in [2.05, 4.69) is 5.32 Å². The molecular formula is C22H20ClF3N2O3. The van der Waals surface area contributed by atoms with Crippen molar-refractivity contribution in [2.45, 2.75) is 19.5 Å². The first kappa shape index (κ1) is 22.8. The first-order chi connectivity index (χ1) is 14.7. The lowest BCUT2D eigenvalue weighted by Gasteiger charge is -2.15. The van der Waals surface area contributed by atoms with Gasteiger partial charge < -0.3 is 10.1 Å². The zero-order valence-corrected chi connectivity index (χ0v) is 17.4. The predicted octanol–water partition coefficient (Wildman–Crippen LogP) is 4.98. The monoisotopic (exact) mass is 452 g/mol. The minimum absolute atomic E-state index is 0.0496. The van der Waals surface area contributed by atoms with E-state index in [1.807, 2.05) is 6.92 Å². The molecule has 0 atom stereocenters. The fourth-order valence-electron chi connectivity index (χ4n) is 3.17. The van der Waals surface area contributed by atoms with Crippen molar-refractivity contribution in [3.8, 4) is 0 Å². The van der Waals surface area contributed by atoms with Crippen LogP contribution in [0.25, 0.3) is 5.57 Å². The van der Waals surface area contributed by atoms with Gasteiger partial charge in [-0.25, -0.2) is 0 Å². The third kappa shape index (κ3) is 5.26. The normalized spacial score (nSPS) is 14.5. The number of hydrogen-bond acceptors (Lipinski definition) is 4. The summed E-state index contributed by atoms with van der Waals surface area (Å²) in [6, 6.07) is 10.8. The van der Waals surface area contributed by atoms with Crippen LogP contribution >= 0.6 is 11.6 Å². The van der Waals surface area contributed by atoms with Crippen molar-refractivity contribution in [3.63, 3.8) is 0 Å². The van der Waals surface area contributed by atoms with E-state index >= 15 is 0 Å². The highest BCUT2D eigenvalue weighted by atomic mass is 35.5. The second-order valence-corrected chi connectivity index (χ2v) is 7.21. The van der Waals surface area contributed by atoms with Crippen LogP contribution < -0.4 is 5.32 Å². The fraction of sp³-hybridized carbons (Fsp3) is 0.273. The summed E-state index contributed by atoms with van der Waals surface area (Å²) in [6.07, 6.45) is -4.10. The maximum atomic E-state index is 13.1. The summed E-state index contributed by atoms with van der Waals surface area (Å²) in [6.45, 7) is 2.85. The number of hydrogen-bond donors (Lipinski definition) is 1. The number of carbonyl (C=O) groups excluding carboxylic acids is 2. The van der Waals surface area contributed by atoms with Gasteiger partial charge in [-0.3, -0.25) is 14.5 Å². The van der Waals surface area contributed by atoms with Crippen LogP contribution in [0, 0.1) is 0 Å². The molecule has 0 radical (unpaired) electrons. The first-order valence-corrected chi connectivity index (χ1v) is 9.98. The summed E-state index contributed by atoms with van der Waals surface area (Å²) >= 11 is 5.92. The quantitative estimate of drug-likeness (QED) is 0.453. The molecule has 1 N–H and O–H groups in total. The number of amides is 2. The Morgan fingerprint density at radius 3 is 2.42 bits per heavy atom. The molecule has 0 saturated heterocycles. The molecule has 31 heavy (non-hydrogen) atoms. The van der Waals surface area contributed by atoms with Gasteiger partial charge in [-0.2, -0.15) is 13.2 Å². The lowest BCUT2D eigenvalue weighted by molar-refractivity contribution is -0.138. The first-order valence-electron chi connectivity index (χ1n) is 9.60. The molecule has 5 nitrogen and oxygen atoms in total. The van der Waals surface area contributed by atoms with Crippen molar-refractivity contribution < 1.29 is 27.5 Å². The fourth-order valence-corrected chi connectivity index (χ4v) is 3.29. The molecule has 0 aromatic heterocycles. The van der Waals surface area contributed by atoms with Gasteiger partial charge in [0.1, 0.15) is 5.70 Å². The van der Waals surface area contributed by atoms with Crippen molar-refractivity contribution in [1.29, 1.82) is 0 Å². The molecule has 1 aliphatic heterocycles. The Labute approximate surface area is 182 Å². The Hall–Kier alpha value is -2.84. The number of rotatable bonds is 8. The maximum Gasteiger partial charge on any atom is 0.416 e. The maximum absolute atomic E-state index is 13.1. The van der Waals surface area contributed by atoms with Crippen molar-refractivity contribution >= 4 is 34.7 Å². The van der Waals surface area contributed by atoms with E-state index < -0.39 is 23.6 Å². The zero-order valence-electron chi connectivity index (χ0n) is 16.6. The Kier molecular flexibility index (Phi) is 7.02. The smallest absolute Gasteiger partial charge is 0.382 e. The van der Waals surface area contributed by atoms with E-state index in [-0.39, 0.29) is 23.5 Å². The molecule has 0 saturated carbocycles. The zero-order chi connectivity index (χ0) is 22.6. The number of ether oxygens (including phenoxy) is 1. The average molecular weight is 453 g/mol. The summed E-state index contributed by atoms with van der Waals surface area (Å²) in [4.78, 5) is 27.1. The van der Waals surface area contributed by atoms with Crippen molar-refractivity contribution in [2.75, 3.05) is 25.1 Å². The highest BCUT2D eigenvalue weighted by Gasteiger charge is 2.39. The molecule has 0 unspecified atom stereocenters. The molecule has 9 heteroatoms. The molecule has 1 aliphatic rings. The lowest BCUT2D eigenvalue weighted by Crippen LogP contribution is -2.34. The van der Waals surface area contributed by atoms with Crippen LogP contribution in [0.1, 0.15) is 24.5 Å². The lowest BCUT2D eigenvalue weighted by atomic mass is 10.0. The van der Waals surface area contributed by atoms with Gasteiger partial charge in [-0.1, -0.05) is 29.8 Å². The standard InChI is InChI=1S/C22H20ClF3N2O3/c1-2-31-12-4-11-28-20(29)18(14-7-9-16(23)10-8-14)19(21(28)30)27-17-6-3-5-15(13-17)22(24,25)26/h3,5-10,13,27H,2,4,11-12H2,1H3. The average Bonchev–Trinajstić information content (AvgIpc) is 2.95. The largest absolute Gasteiger partial charge is 0.416 e. The summed E-state index contributed by atoms with van der Waals surface area (Å²) in [7, 11) is 0. The van der Waals surface area contributed by atoms with Gasteiger partial charge in [0, 0.05) is 30.5 Å². The number of benzene rings is 2. The van der Waals surface area contributed by atoms with Gasteiger partial charge in [0.05, 0.1) is 11.1 Å². The molecule has 1 heterocycles. The second-order valence-electron chi connectivity index (χ2n) is 6.77. The molecule has 2 aromatic rings.